The van der Waals surface area contributed by atoms with Gasteiger partial charge in [0.2, 0.25) is 0 Å². The summed E-state index contributed by atoms with van der Waals surface area (Å²) in [6, 6.07) is 20.8. The van der Waals surface area contributed by atoms with Crippen molar-refractivity contribution in [2.75, 3.05) is 0 Å². The first kappa shape index (κ1) is 27.9. The molecule has 3 rings (SSSR count). The van der Waals surface area contributed by atoms with E-state index < -0.39 is 18.2 Å². The molecule has 3 aromatic rings. The Labute approximate surface area is 210 Å². The van der Waals surface area contributed by atoms with Gasteiger partial charge >= 0.3 is 186 Å². The zero-order chi connectivity index (χ0) is 21.1. The van der Waals surface area contributed by atoms with Gasteiger partial charge in [-0.3, -0.25) is 0 Å². The average Bonchev–Trinajstić information content (AvgIpc) is 3.14. The minimum atomic E-state index is -2.53. The molecule has 0 aliphatic carbocycles. The summed E-state index contributed by atoms with van der Waals surface area (Å²) in [5.74, 6) is 1.85. The van der Waals surface area contributed by atoms with Crippen LogP contribution in [0.3, 0.4) is 0 Å². The third kappa shape index (κ3) is 7.77. The molecule has 0 saturated heterocycles. The van der Waals surface area contributed by atoms with Crippen molar-refractivity contribution in [3.63, 3.8) is 0 Å². The van der Waals surface area contributed by atoms with E-state index in [-0.39, 0.29) is 35.6 Å². The number of hydrogen-bond donors (Lipinski definition) is 0. The summed E-state index contributed by atoms with van der Waals surface area (Å²) in [6.07, 6.45) is 0. The van der Waals surface area contributed by atoms with Crippen molar-refractivity contribution < 1.29 is 24.8 Å². The molecule has 1 aromatic heterocycles. The van der Waals surface area contributed by atoms with E-state index >= 15 is 0 Å². The van der Waals surface area contributed by atoms with Gasteiger partial charge in [-0.1, -0.05) is 0 Å². The van der Waals surface area contributed by atoms with Crippen molar-refractivity contribution in [1.82, 2.24) is 0 Å². The van der Waals surface area contributed by atoms with Gasteiger partial charge in [0.1, 0.15) is 0 Å². The Morgan fingerprint density at radius 3 is 1.52 bits per heavy atom. The molecule has 168 valence electrons. The summed E-state index contributed by atoms with van der Waals surface area (Å²) in [4.78, 5) is 1.20. The molecule has 0 N–H and O–H groups in total. The van der Waals surface area contributed by atoms with E-state index in [9.17, 15) is 0 Å². The van der Waals surface area contributed by atoms with Crippen molar-refractivity contribution in [3.8, 4) is 11.5 Å². The summed E-state index contributed by atoms with van der Waals surface area (Å²) >= 11 is -0.810. The fraction of sp³-hybridized carbons (Fsp3) is 0.320. The molecule has 2 aromatic carbocycles. The Kier molecular flexibility index (Phi) is 10.5. The fourth-order valence-corrected chi connectivity index (χ4v) is 6.39. The van der Waals surface area contributed by atoms with E-state index in [1.54, 1.807) is 11.3 Å². The third-order valence-corrected chi connectivity index (χ3v) is 7.93. The molecule has 0 bridgehead atoms. The summed E-state index contributed by atoms with van der Waals surface area (Å²) < 4.78 is 15.4. The summed E-state index contributed by atoms with van der Waals surface area (Å²) in [5.41, 5.74) is 2.42. The number of halogens is 2. The molecule has 0 unspecified atom stereocenters. The van der Waals surface area contributed by atoms with Crippen LogP contribution in [0, 0.1) is 0 Å². The van der Waals surface area contributed by atoms with Gasteiger partial charge in [-0.05, 0) is 0 Å². The van der Waals surface area contributed by atoms with Crippen molar-refractivity contribution in [2.24, 2.45) is 0 Å². The number of thiophene rings is 1. The third-order valence-electron chi connectivity index (χ3n) is 4.61. The number of para-hydroxylation sites is 2. The van der Waals surface area contributed by atoms with Crippen LogP contribution < -0.4 is 6.64 Å². The van der Waals surface area contributed by atoms with Crippen LogP contribution >= 0.6 is 36.2 Å². The Morgan fingerprint density at radius 1 is 0.677 bits per heavy atom. The van der Waals surface area contributed by atoms with Crippen LogP contribution in [0.4, 0.5) is 0 Å². The van der Waals surface area contributed by atoms with Gasteiger partial charge in [-0.25, -0.2) is 0 Å². The Balaban J connectivity index is 0.00000240. The molecule has 0 saturated carbocycles. The first-order valence-electron chi connectivity index (χ1n) is 9.94. The van der Waals surface area contributed by atoms with Crippen LogP contribution in [-0.4, -0.2) is 4.31 Å². The van der Waals surface area contributed by atoms with Gasteiger partial charge in [0.15, 0.2) is 0 Å². The largest absolute Gasteiger partial charge is 0.147 e. The monoisotopic (exact) mass is 514 g/mol. The predicted octanol–water partition coefficient (Wildman–Crippen LogP) is 7.94. The zero-order valence-electron chi connectivity index (χ0n) is 19.0. The second-order valence-electron chi connectivity index (χ2n) is 9.18. The van der Waals surface area contributed by atoms with E-state index in [1.165, 1.54) is 16.0 Å². The van der Waals surface area contributed by atoms with Gasteiger partial charge in [0, 0.05) is 0 Å². The fourth-order valence-electron chi connectivity index (χ4n) is 3.14. The van der Waals surface area contributed by atoms with Crippen molar-refractivity contribution in [2.45, 2.75) is 52.4 Å². The minimum Gasteiger partial charge on any atom is -0.147 e. The molecule has 0 atom stereocenters. The molecule has 2 nitrogen and oxygen atoms in total. The molecular formula is C25H32Cl2O2STi. The normalized spacial score (nSPS) is 11.0. The minimum absolute atomic E-state index is 0. The second-order valence-corrected chi connectivity index (χ2v) is 12.2. The van der Waals surface area contributed by atoms with Crippen molar-refractivity contribution in [3.05, 3.63) is 82.0 Å². The first-order chi connectivity index (χ1) is 13.6. The molecule has 0 aliphatic heterocycles. The number of rotatable bonds is 5. The standard InChI is InChI=1S/2C10H14O.C5H4S.2ClH.Ti/c2*1-10(2,3)8-6-4-5-7-9(8)11;1-5-3-2-4-6-5;;;/h2*4-7,11H,1-3H3;1-4H;2*1H;/q;;;;;+2/p-2. The Bertz CT molecular complexity index is 926. The smallest absolute Gasteiger partial charge is 0.147 e. The van der Waals surface area contributed by atoms with Gasteiger partial charge in [-0.2, -0.15) is 0 Å². The molecule has 0 spiro atoms. The molecule has 0 fully saturated rings. The summed E-state index contributed by atoms with van der Waals surface area (Å²) in [7, 11) is 0. The Morgan fingerprint density at radius 2 is 1.13 bits per heavy atom. The van der Waals surface area contributed by atoms with E-state index in [1.807, 2.05) is 12.1 Å². The van der Waals surface area contributed by atoms with Crippen LogP contribution in [0.1, 0.15) is 57.5 Å². The maximum Gasteiger partial charge on any atom is -0.147 e. The number of hydrogen-bond acceptors (Lipinski definition) is 3. The quantitative estimate of drug-likeness (QED) is 0.321. The first-order valence-corrected chi connectivity index (χ1v) is 13.0. The summed E-state index contributed by atoms with van der Waals surface area (Å²) in [5, 5.41) is 2.09. The van der Waals surface area contributed by atoms with Gasteiger partial charge in [0.25, 0.3) is 0 Å². The second kappa shape index (κ2) is 11.7. The Hall–Kier alpha value is -1.10. The van der Waals surface area contributed by atoms with Crippen molar-refractivity contribution in [1.29, 1.82) is 0 Å². The zero-order valence-corrected chi connectivity index (χ0v) is 23.0. The maximum absolute atomic E-state index is 6.61. The van der Waals surface area contributed by atoms with Gasteiger partial charge in [-0.15, -0.1) is 24.8 Å². The van der Waals surface area contributed by atoms with Crippen LogP contribution in [0.15, 0.2) is 66.0 Å². The molecule has 6 heteroatoms. The topological polar surface area (TPSA) is 18.5 Å². The predicted molar refractivity (Wildman–Crippen MR) is 136 cm³/mol. The molecule has 0 aliphatic rings. The maximum atomic E-state index is 6.61. The molecular weight excluding hydrogens is 483 g/mol. The van der Waals surface area contributed by atoms with Crippen LogP contribution in [-0.2, 0) is 29.0 Å². The van der Waals surface area contributed by atoms with Crippen LogP contribution in [0.2, 0.25) is 0 Å². The van der Waals surface area contributed by atoms with E-state index in [0.717, 1.165) is 11.5 Å². The van der Waals surface area contributed by atoms with Crippen LogP contribution in [0.5, 0.6) is 11.5 Å². The molecule has 1 heterocycles. The molecule has 0 amide bonds. The van der Waals surface area contributed by atoms with Gasteiger partial charge < -0.3 is 0 Å². The van der Waals surface area contributed by atoms with Gasteiger partial charge in [0.05, 0.1) is 0 Å². The molecule has 0 radical (unpaired) electrons. The van der Waals surface area contributed by atoms with E-state index in [2.05, 4.69) is 99.8 Å². The molecule has 31 heavy (non-hydrogen) atoms. The summed E-state index contributed by atoms with van der Waals surface area (Å²) in [6.45, 7) is 13.3. The number of benzene rings is 2. The van der Waals surface area contributed by atoms with E-state index in [0.29, 0.717) is 0 Å². The van der Waals surface area contributed by atoms with Crippen molar-refractivity contribution >= 4 is 40.5 Å². The average molecular weight is 515 g/mol. The van der Waals surface area contributed by atoms with Crippen LogP contribution in [0.25, 0.3) is 0 Å². The van der Waals surface area contributed by atoms with E-state index in [4.69, 9.17) is 6.64 Å². The SMILES string of the molecule is CC(C)(C)c1ccccc1[O][Ti](=[CH]c1cccs1)[O]c1ccccc1C(C)(C)C.Cl.Cl.